The molecular weight excluding hydrogens is 823 g/mol. The molecule has 0 fully saturated rings. The zero-order valence-electron chi connectivity index (χ0n) is 34.2. The standard InChI is InChI=1S/C14H20NO2P.C11H12BrN.C11H14NO3P.C4H10O3P/c1-6-17-18(5,16)11-7-8-13-12(9-11)14(3,4)10(2)15-13;1-7-11(2,3)9-6-8(12)4-5-10(9)13-7;1-7-11(2,3)9-6-8(16(13,14)15)4-5-10(9)12-7;1-3-6-8(5)7-4-2/h7-9H,6H2,1-5H3;4-6H,1-3H3;4-6H,1-3H3,(H2,13,14,15);3-4H2,1-2H3/q;;;+1. The fourth-order valence-electron chi connectivity index (χ4n) is 5.90. The molecule has 11 nitrogen and oxygen atoms in total. The maximum absolute atomic E-state index is 12.4. The van der Waals surface area contributed by atoms with Crippen LogP contribution in [0.3, 0.4) is 0 Å². The van der Waals surface area contributed by atoms with Gasteiger partial charge in [-0.3, -0.25) is 24.1 Å². The smallest absolute Gasteiger partial charge is 0.326 e. The summed E-state index contributed by atoms with van der Waals surface area (Å²) in [7, 11) is -8.71. The van der Waals surface area contributed by atoms with E-state index in [-0.39, 0.29) is 21.5 Å². The first-order chi connectivity index (χ1) is 25.3. The van der Waals surface area contributed by atoms with Gasteiger partial charge in [0.2, 0.25) is 7.37 Å². The summed E-state index contributed by atoms with van der Waals surface area (Å²) in [5.74, 6) is 0. The fourth-order valence-corrected chi connectivity index (χ4v) is 8.67. The molecule has 0 bridgehead atoms. The molecule has 0 aliphatic carbocycles. The van der Waals surface area contributed by atoms with Crippen molar-refractivity contribution in [2.45, 2.75) is 99.3 Å². The lowest BCUT2D eigenvalue weighted by Crippen LogP contribution is -2.24. The third-order valence-corrected chi connectivity index (χ3v) is 14.5. The van der Waals surface area contributed by atoms with Gasteiger partial charge >= 0.3 is 15.9 Å². The zero-order chi connectivity index (χ0) is 41.7. The van der Waals surface area contributed by atoms with E-state index in [0.717, 1.165) is 49.4 Å². The molecule has 3 aromatic carbocycles. The van der Waals surface area contributed by atoms with Gasteiger partial charge < -0.3 is 14.3 Å². The molecule has 300 valence electrons. The molecule has 3 heterocycles. The third kappa shape index (κ3) is 11.1. The van der Waals surface area contributed by atoms with Crippen LogP contribution in [-0.2, 0) is 43.5 Å². The number of hydrogen-bond acceptors (Lipinski definition) is 9. The van der Waals surface area contributed by atoms with Crippen LogP contribution >= 0.6 is 39.1 Å². The molecule has 0 saturated heterocycles. The minimum Gasteiger partial charge on any atom is -0.326 e. The van der Waals surface area contributed by atoms with E-state index in [0.29, 0.717) is 19.8 Å². The average Bonchev–Trinajstić information content (AvgIpc) is 3.56. The van der Waals surface area contributed by atoms with Crippen molar-refractivity contribution < 1.29 is 37.1 Å². The summed E-state index contributed by atoms with van der Waals surface area (Å²) in [6.07, 6.45) is 0. The average molecular weight is 880 g/mol. The van der Waals surface area contributed by atoms with Crippen molar-refractivity contribution in [3.63, 3.8) is 0 Å². The second kappa shape index (κ2) is 18.4. The van der Waals surface area contributed by atoms with Crippen molar-refractivity contribution in [3.8, 4) is 0 Å². The van der Waals surface area contributed by atoms with E-state index >= 15 is 0 Å². The van der Waals surface area contributed by atoms with Crippen LogP contribution in [0.5, 0.6) is 0 Å². The predicted octanol–water partition coefficient (Wildman–Crippen LogP) is 11.1. The summed E-state index contributed by atoms with van der Waals surface area (Å²) in [6, 6.07) is 16.7. The van der Waals surface area contributed by atoms with Crippen molar-refractivity contribution in [2.75, 3.05) is 26.5 Å². The number of halogens is 1. The van der Waals surface area contributed by atoms with Crippen LogP contribution in [0.25, 0.3) is 0 Å². The quantitative estimate of drug-likeness (QED) is 0.212. The van der Waals surface area contributed by atoms with Gasteiger partial charge in [-0.15, -0.1) is 9.05 Å². The Morgan fingerprint density at radius 3 is 1.38 bits per heavy atom. The monoisotopic (exact) mass is 878 g/mol. The maximum atomic E-state index is 12.4. The van der Waals surface area contributed by atoms with Crippen LogP contribution in [0.15, 0.2) is 74.0 Å². The number of benzene rings is 3. The fraction of sp³-hybridized carbons (Fsp3) is 0.475. The highest BCUT2D eigenvalue weighted by Gasteiger charge is 2.35. The van der Waals surface area contributed by atoms with Crippen molar-refractivity contribution >= 4 is 84.0 Å². The topological polar surface area (TPSA) is 156 Å². The van der Waals surface area contributed by atoms with Crippen LogP contribution in [0.4, 0.5) is 17.1 Å². The third-order valence-electron chi connectivity index (χ3n) is 10.2. The number of aliphatic imine (C=N–C) groups is 3. The number of fused-ring (bicyclic) bond motifs is 3. The van der Waals surface area contributed by atoms with E-state index in [1.54, 1.807) is 32.6 Å². The van der Waals surface area contributed by atoms with E-state index in [1.165, 1.54) is 17.3 Å². The first-order valence-electron chi connectivity index (χ1n) is 18.1. The van der Waals surface area contributed by atoms with Crippen molar-refractivity contribution in [2.24, 2.45) is 15.0 Å². The normalized spacial score (nSPS) is 17.6. The van der Waals surface area contributed by atoms with Gasteiger partial charge in [-0.1, -0.05) is 57.5 Å². The van der Waals surface area contributed by atoms with Gasteiger partial charge in [0, 0.05) is 54.4 Å². The van der Waals surface area contributed by atoms with Crippen LogP contribution < -0.4 is 10.6 Å². The van der Waals surface area contributed by atoms with E-state index in [9.17, 15) is 13.7 Å². The van der Waals surface area contributed by atoms with Crippen molar-refractivity contribution in [1.82, 2.24) is 0 Å². The Balaban J connectivity index is 0.000000204. The molecule has 3 aliphatic heterocycles. The van der Waals surface area contributed by atoms with Crippen molar-refractivity contribution in [3.05, 3.63) is 75.8 Å². The summed E-state index contributed by atoms with van der Waals surface area (Å²) < 4.78 is 49.6. The molecule has 0 radical (unpaired) electrons. The Kier molecular flexibility index (Phi) is 15.7. The molecule has 15 heteroatoms. The van der Waals surface area contributed by atoms with Crippen molar-refractivity contribution in [1.29, 1.82) is 0 Å². The first-order valence-corrected chi connectivity index (χ1v) is 23.7. The zero-order valence-corrected chi connectivity index (χ0v) is 38.5. The van der Waals surface area contributed by atoms with Gasteiger partial charge in [-0.05, 0) is 113 Å². The molecule has 3 aliphatic rings. The molecule has 2 N–H and O–H groups in total. The maximum Gasteiger partial charge on any atom is 0.697 e. The van der Waals surface area contributed by atoms with E-state index in [1.807, 2.05) is 58.9 Å². The van der Waals surface area contributed by atoms with Gasteiger partial charge in [-0.25, -0.2) is 0 Å². The lowest BCUT2D eigenvalue weighted by molar-refractivity contribution is 0.243. The summed E-state index contributed by atoms with van der Waals surface area (Å²) in [6.45, 7) is 27.2. The lowest BCUT2D eigenvalue weighted by Gasteiger charge is -2.21. The molecule has 1 atom stereocenters. The molecule has 55 heavy (non-hydrogen) atoms. The van der Waals surface area contributed by atoms with Crippen LogP contribution in [-0.4, -0.2) is 53.4 Å². The van der Waals surface area contributed by atoms with Gasteiger partial charge in [0.05, 0.1) is 29.0 Å². The Morgan fingerprint density at radius 2 is 1.00 bits per heavy atom. The molecule has 0 saturated carbocycles. The van der Waals surface area contributed by atoms with E-state index in [4.69, 9.17) is 14.3 Å². The Bertz CT molecular complexity index is 2100. The highest BCUT2D eigenvalue weighted by atomic mass is 79.9. The number of rotatable bonds is 8. The van der Waals surface area contributed by atoms with Gasteiger partial charge in [0.25, 0.3) is 0 Å². The summed E-state index contributed by atoms with van der Waals surface area (Å²) in [4.78, 5) is 31.8. The molecular formula is C40H56BrN3O8P3+. The highest BCUT2D eigenvalue weighted by molar-refractivity contribution is 9.10. The highest BCUT2D eigenvalue weighted by Crippen LogP contribution is 2.46. The number of nitrogens with zero attached hydrogens (tertiary/aromatic N) is 3. The van der Waals surface area contributed by atoms with Crippen LogP contribution in [0.1, 0.15) is 99.8 Å². The van der Waals surface area contributed by atoms with Crippen LogP contribution in [0, 0.1) is 0 Å². The second-order valence-corrected chi connectivity index (χ2v) is 20.8. The molecule has 0 amide bonds. The Hall–Kier alpha value is -2.49. The van der Waals surface area contributed by atoms with Gasteiger partial charge in [-0.2, -0.15) is 0 Å². The minimum atomic E-state index is -4.18. The van der Waals surface area contributed by atoms with E-state index in [2.05, 4.69) is 86.7 Å². The SMILES string of the molecule is CC1=Nc2ccc(Br)cc2C1(C)C.CC1=Nc2ccc(P(=O)(O)O)cc2C1(C)C.CCOP(C)(=O)c1ccc2c(c1)C(C)(C)C(C)=N2.CCO[P+](=O)OCC. The molecule has 0 spiro atoms. The second-order valence-electron chi connectivity index (χ2n) is 14.9. The summed E-state index contributed by atoms with van der Waals surface area (Å²) >= 11 is 3.49. The van der Waals surface area contributed by atoms with Gasteiger partial charge in [0.1, 0.15) is 13.2 Å². The van der Waals surface area contributed by atoms with E-state index < -0.39 is 23.2 Å². The van der Waals surface area contributed by atoms with Gasteiger partial charge in [0.15, 0.2) is 0 Å². The summed E-state index contributed by atoms with van der Waals surface area (Å²) in [5, 5.41) is 0.838. The minimum absolute atomic E-state index is 0.0595. The molecule has 3 aromatic rings. The summed E-state index contributed by atoms with van der Waals surface area (Å²) in [5.41, 5.74) is 9.26. The number of hydrogen-bond donors (Lipinski definition) is 2. The Morgan fingerprint density at radius 1 is 0.636 bits per heavy atom. The predicted molar refractivity (Wildman–Crippen MR) is 232 cm³/mol. The Labute approximate surface area is 336 Å². The molecule has 6 rings (SSSR count). The molecule has 0 aromatic heterocycles. The first kappa shape index (κ1) is 46.9. The lowest BCUT2D eigenvalue weighted by atomic mass is 9.82. The van der Waals surface area contributed by atoms with Crippen LogP contribution in [0.2, 0.25) is 0 Å². The largest absolute Gasteiger partial charge is 0.697 e. The molecule has 1 unspecified atom stereocenters.